The smallest absolute Gasteiger partial charge is 0.0518 e. The normalized spacial score (nSPS) is 22.5. The first-order valence-corrected chi connectivity index (χ1v) is 5.32. The third kappa shape index (κ3) is 2.48. The largest absolute Gasteiger partial charge is 0.384 e. The van der Waals surface area contributed by atoms with E-state index in [0.717, 1.165) is 6.61 Å². The fourth-order valence-electron chi connectivity index (χ4n) is 2.60. The summed E-state index contributed by atoms with van der Waals surface area (Å²) in [6, 6.07) is 0. The molecule has 0 spiro atoms. The molecule has 0 aliphatic heterocycles. The molecule has 0 radical (unpaired) electrons. The molecule has 0 atom stereocenters. The predicted octanol–water partition coefficient (Wildman–Crippen LogP) is 3.38. The fraction of sp³-hybridized carbons (Fsp3) is 1.00. The minimum Gasteiger partial charge on any atom is -0.384 e. The van der Waals surface area contributed by atoms with E-state index in [0.29, 0.717) is 5.41 Å². The van der Waals surface area contributed by atoms with Gasteiger partial charge in [-0.2, -0.15) is 0 Å². The third-order valence-corrected chi connectivity index (χ3v) is 3.15. The van der Waals surface area contributed by atoms with E-state index in [4.69, 9.17) is 4.74 Å². The van der Waals surface area contributed by atoms with Crippen LogP contribution in [0, 0.1) is 5.41 Å². The van der Waals surface area contributed by atoms with Crippen molar-refractivity contribution in [3.63, 3.8) is 0 Å². The van der Waals surface area contributed by atoms with Crippen molar-refractivity contribution in [2.24, 2.45) is 5.41 Å². The second-order valence-corrected chi connectivity index (χ2v) is 4.24. The minimum absolute atomic E-state index is 0.557. The van der Waals surface area contributed by atoms with Crippen LogP contribution >= 0.6 is 0 Å². The van der Waals surface area contributed by atoms with Gasteiger partial charge < -0.3 is 4.74 Å². The molecule has 1 nitrogen and oxygen atoms in total. The Kier molecular flexibility index (Phi) is 4.07. The van der Waals surface area contributed by atoms with Crippen molar-refractivity contribution in [3.05, 3.63) is 0 Å². The molecule has 0 amide bonds. The van der Waals surface area contributed by atoms with Gasteiger partial charge in [-0.05, 0) is 24.7 Å². The Morgan fingerprint density at radius 2 is 1.83 bits per heavy atom. The van der Waals surface area contributed by atoms with Gasteiger partial charge in [-0.3, -0.25) is 0 Å². The summed E-state index contributed by atoms with van der Waals surface area (Å²) in [5.74, 6) is 0. The van der Waals surface area contributed by atoms with Crippen molar-refractivity contribution >= 4 is 0 Å². The highest BCUT2D eigenvalue weighted by Gasteiger charge is 2.30. The quantitative estimate of drug-likeness (QED) is 0.628. The van der Waals surface area contributed by atoms with Crippen LogP contribution in [0.3, 0.4) is 0 Å². The van der Waals surface area contributed by atoms with Crippen LogP contribution in [0.4, 0.5) is 0 Å². The van der Waals surface area contributed by atoms with Gasteiger partial charge in [-0.25, -0.2) is 0 Å². The van der Waals surface area contributed by atoms with E-state index in [2.05, 4.69) is 6.92 Å². The Labute approximate surface area is 76.5 Å². The van der Waals surface area contributed by atoms with Gasteiger partial charge in [0.25, 0.3) is 0 Å². The summed E-state index contributed by atoms with van der Waals surface area (Å²) >= 11 is 0. The summed E-state index contributed by atoms with van der Waals surface area (Å²) in [5, 5.41) is 0. The van der Waals surface area contributed by atoms with Gasteiger partial charge in [0.2, 0.25) is 0 Å². The maximum atomic E-state index is 5.34. The minimum atomic E-state index is 0.557. The Hall–Kier alpha value is -0.0400. The maximum Gasteiger partial charge on any atom is 0.0518 e. The lowest BCUT2D eigenvalue weighted by Crippen LogP contribution is -2.28. The van der Waals surface area contributed by atoms with Gasteiger partial charge >= 0.3 is 0 Å². The average Bonchev–Trinajstić information content (AvgIpc) is 2.07. The molecule has 1 rings (SSSR count). The van der Waals surface area contributed by atoms with Crippen molar-refractivity contribution in [1.29, 1.82) is 0 Å². The summed E-state index contributed by atoms with van der Waals surface area (Å²) in [7, 11) is 1.84. The van der Waals surface area contributed by atoms with E-state index in [1.54, 1.807) is 0 Å². The zero-order chi connectivity index (χ0) is 8.86. The molecule has 72 valence electrons. The second kappa shape index (κ2) is 4.86. The molecule has 0 saturated heterocycles. The molecule has 0 unspecified atom stereocenters. The van der Waals surface area contributed by atoms with Gasteiger partial charge in [0.1, 0.15) is 0 Å². The van der Waals surface area contributed by atoms with Crippen LogP contribution in [0.15, 0.2) is 0 Å². The summed E-state index contributed by atoms with van der Waals surface area (Å²) in [4.78, 5) is 0. The van der Waals surface area contributed by atoms with Crippen LogP contribution in [0.2, 0.25) is 0 Å². The molecule has 1 saturated carbocycles. The van der Waals surface area contributed by atoms with E-state index in [9.17, 15) is 0 Å². The van der Waals surface area contributed by atoms with Gasteiger partial charge in [-0.15, -0.1) is 0 Å². The van der Waals surface area contributed by atoms with Crippen molar-refractivity contribution in [1.82, 2.24) is 0 Å². The summed E-state index contributed by atoms with van der Waals surface area (Å²) in [5.41, 5.74) is 0.557. The van der Waals surface area contributed by atoms with Crippen LogP contribution in [-0.4, -0.2) is 13.7 Å². The third-order valence-electron chi connectivity index (χ3n) is 3.15. The standard InChI is InChI=1S/C11H22O/c1-3-7-11(10-12-2)8-5-4-6-9-11/h3-10H2,1-2H3. The van der Waals surface area contributed by atoms with E-state index in [1.165, 1.54) is 44.9 Å². The molecule has 0 heterocycles. The van der Waals surface area contributed by atoms with Crippen molar-refractivity contribution in [2.75, 3.05) is 13.7 Å². The fourth-order valence-corrected chi connectivity index (χ4v) is 2.60. The van der Waals surface area contributed by atoms with Gasteiger partial charge in [0, 0.05) is 7.11 Å². The van der Waals surface area contributed by atoms with E-state index in [-0.39, 0.29) is 0 Å². The van der Waals surface area contributed by atoms with Gasteiger partial charge in [0.15, 0.2) is 0 Å². The SMILES string of the molecule is CCCC1(COC)CCCCC1. The summed E-state index contributed by atoms with van der Waals surface area (Å²) in [6.07, 6.45) is 9.75. The molecule has 1 heteroatoms. The average molecular weight is 170 g/mol. The zero-order valence-electron chi connectivity index (χ0n) is 8.57. The Morgan fingerprint density at radius 3 is 2.33 bits per heavy atom. The number of ether oxygens (including phenoxy) is 1. The number of hydrogen-bond acceptors (Lipinski definition) is 1. The first kappa shape index (κ1) is 10.0. The molecule has 0 aromatic heterocycles. The number of methoxy groups -OCH3 is 1. The van der Waals surface area contributed by atoms with Crippen molar-refractivity contribution in [3.8, 4) is 0 Å². The van der Waals surface area contributed by atoms with E-state index >= 15 is 0 Å². The molecule has 0 N–H and O–H groups in total. The molecule has 1 fully saturated rings. The van der Waals surface area contributed by atoms with Gasteiger partial charge in [0.05, 0.1) is 6.61 Å². The number of rotatable bonds is 4. The van der Waals surface area contributed by atoms with Crippen molar-refractivity contribution < 1.29 is 4.74 Å². The lowest BCUT2D eigenvalue weighted by molar-refractivity contribution is 0.0411. The molecular formula is C11H22O. The highest BCUT2D eigenvalue weighted by atomic mass is 16.5. The lowest BCUT2D eigenvalue weighted by atomic mass is 9.72. The number of hydrogen-bond donors (Lipinski definition) is 0. The first-order valence-electron chi connectivity index (χ1n) is 5.32. The summed E-state index contributed by atoms with van der Waals surface area (Å²) < 4.78 is 5.34. The molecule has 0 aromatic carbocycles. The topological polar surface area (TPSA) is 9.23 Å². The van der Waals surface area contributed by atoms with Crippen LogP contribution < -0.4 is 0 Å². The predicted molar refractivity (Wildman–Crippen MR) is 52.3 cm³/mol. The van der Waals surface area contributed by atoms with E-state index < -0.39 is 0 Å². The molecule has 0 bridgehead atoms. The molecule has 0 aromatic rings. The molecule has 1 aliphatic rings. The molecule has 1 aliphatic carbocycles. The second-order valence-electron chi connectivity index (χ2n) is 4.24. The van der Waals surface area contributed by atoms with Crippen molar-refractivity contribution in [2.45, 2.75) is 51.9 Å². The molecular weight excluding hydrogens is 148 g/mol. The maximum absolute atomic E-state index is 5.34. The highest BCUT2D eigenvalue weighted by Crippen LogP contribution is 2.40. The Balaban J connectivity index is 2.44. The first-order chi connectivity index (χ1) is 5.83. The molecule has 12 heavy (non-hydrogen) atoms. The van der Waals surface area contributed by atoms with Crippen LogP contribution in [0.5, 0.6) is 0 Å². The summed E-state index contributed by atoms with van der Waals surface area (Å²) in [6.45, 7) is 3.27. The van der Waals surface area contributed by atoms with Crippen LogP contribution in [-0.2, 0) is 4.74 Å². The zero-order valence-corrected chi connectivity index (χ0v) is 8.57. The lowest BCUT2D eigenvalue weighted by Gasteiger charge is -2.36. The van der Waals surface area contributed by atoms with E-state index in [1.807, 2.05) is 7.11 Å². The van der Waals surface area contributed by atoms with Crippen LogP contribution in [0.25, 0.3) is 0 Å². The Morgan fingerprint density at radius 1 is 1.17 bits per heavy atom. The van der Waals surface area contributed by atoms with Gasteiger partial charge in [-0.1, -0.05) is 32.6 Å². The van der Waals surface area contributed by atoms with Crippen LogP contribution in [0.1, 0.15) is 51.9 Å². The monoisotopic (exact) mass is 170 g/mol. The highest BCUT2D eigenvalue weighted by molar-refractivity contribution is 4.82. The Bertz CT molecular complexity index is 98.7.